The molecule has 1 aromatic rings. The van der Waals surface area contributed by atoms with Gasteiger partial charge in [0.05, 0.1) is 6.61 Å². The van der Waals surface area contributed by atoms with Crippen LogP contribution in [0.4, 0.5) is 0 Å². The number of hydrogen-bond acceptors (Lipinski definition) is 3. The van der Waals surface area contributed by atoms with E-state index in [0.29, 0.717) is 11.1 Å². The SMILES string of the molecule is CCCc1c(C)ncc(CO)c1C=O. The third-order valence-electron chi connectivity index (χ3n) is 2.31. The van der Waals surface area contributed by atoms with Crippen LogP contribution in [0.1, 0.15) is 40.5 Å². The molecule has 1 heterocycles. The maximum atomic E-state index is 10.9. The van der Waals surface area contributed by atoms with Gasteiger partial charge in [0.25, 0.3) is 0 Å². The Bertz CT molecular complexity index is 334. The van der Waals surface area contributed by atoms with Crippen LogP contribution in [0, 0.1) is 6.92 Å². The quantitative estimate of drug-likeness (QED) is 0.740. The summed E-state index contributed by atoms with van der Waals surface area (Å²) in [7, 11) is 0. The average Bonchev–Trinajstić information content (AvgIpc) is 2.21. The number of carbonyl (C=O) groups excluding carboxylic acids is 1. The first-order valence-electron chi connectivity index (χ1n) is 4.78. The third-order valence-corrected chi connectivity index (χ3v) is 2.31. The Morgan fingerprint density at radius 1 is 1.57 bits per heavy atom. The molecule has 0 radical (unpaired) electrons. The van der Waals surface area contributed by atoms with Crippen molar-refractivity contribution < 1.29 is 9.90 Å². The van der Waals surface area contributed by atoms with Gasteiger partial charge in [-0.05, 0) is 18.9 Å². The first-order valence-corrected chi connectivity index (χ1v) is 4.78. The van der Waals surface area contributed by atoms with Crippen molar-refractivity contribution in [2.45, 2.75) is 33.3 Å². The number of aldehydes is 1. The lowest BCUT2D eigenvalue weighted by atomic mass is 9.99. The number of pyridine rings is 1. The van der Waals surface area contributed by atoms with Gasteiger partial charge in [0.2, 0.25) is 0 Å². The predicted octanol–water partition coefficient (Wildman–Crippen LogP) is 1.65. The summed E-state index contributed by atoms with van der Waals surface area (Å²) in [4.78, 5) is 15.1. The first-order chi connectivity index (χ1) is 6.74. The van der Waals surface area contributed by atoms with Crippen LogP contribution >= 0.6 is 0 Å². The fourth-order valence-electron chi connectivity index (χ4n) is 1.55. The highest BCUT2D eigenvalue weighted by atomic mass is 16.3. The lowest BCUT2D eigenvalue weighted by Crippen LogP contribution is -2.04. The Morgan fingerprint density at radius 3 is 2.79 bits per heavy atom. The van der Waals surface area contributed by atoms with Crippen LogP contribution in [0.15, 0.2) is 6.20 Å². The summed E-state index contributed by atoms with van der Waals surface area (Å²) in [6, 6.07) is 0. The van der Waals surface area contributed by atoms with Crippen LogP contribution in [0.3, 0.4) is 0 Å². The van der Waals surface area contributed by atoms with Gasteiger partial charge in [0, 0.05) is 23.0 Å². The zero-order valence-corrected chi connectivity index (χ0v) is 8.58. The number of hydrogen-bond donors (Lipinski definition) is 1. The molecule has 0 aliphatic rings. The van der Waals surface area contributed by atoms with Crippen molar-refractivity contribution in [3.63, 3.8) is 0 Å². The molecule has 3 heteroatoms. The lowest BCUT2D eigenvalue weighted by molar-refractivity contribution is 0.111. The van der Waals surface area contributed by atoms with Crippen LogP contribution < -0.4 is 0 Å². The predicted molar refractivity (Wildman–Crippen MR) is 54.3 cm³/mol. The van der Waals surface area contributed by atoms with Crippen molar-refractivity contribution in [1.29, 1.82) is 0 Å². The highest BCUT2D eigenvalue weighted by Gasteiger charge is 2.10. The van der Waals surface area contributed by atoms with Gasteiger partial charge >= 0.3 is 0 Å². The summed E-state index contributed by atoms with van der Waals surface area (Å²) >= 11 is 0. The van der Waals surface area contributed by atoms with Gasteiger partial charge in [0.15, 0.2) is 6.29 Å². The minimum atomic E-state index is -0.127. The number of aryl methyl sites for hydroxylation is 1. The minimum Gasteiger partial charge on any atom is -0.392 e. The van der Waals surface area contributed by atoms with Gasteiger partial charge in [-0.15, -0.1) is 0 Å². The molecule has 0 aliphatic carbocycles. The van der Waals surface area contributed by atoms with Crippen LogP contribution in [0.2, 0.25) is 0 Å². The van der Waals surface area contributed by atoms with E-state index in [9.17, 15) is 4.79 Å². The zero-order chi connectivity index (χ0) is 10.6. The van der Waals surface area contributed by atoms with Crippen LogP contribution in [0.5, 0.6) is 0 Å². The molecular weight excluding hydrogens is 178 g/mol. The number of aliphatic hydroxyl groups is 1. The largest absolute Gasteiger partial charge is 0.392 e. The molecule has 0 atom stereocenters. The van der Waals surface area contributed by atoms with E-state index in [1.54, 1.807) is 6.20 Å². The molecule has 0 bridgehead atoms. The van der Waals surface area contributed by atoms with E-state index in [0.717, 1.165) is 30.4 Å². The monoisotopic (exact) mass is 193 g/mol. The fraction of sp³-hybridized carbons (Fsp3) is 0.455. The Balaban J connectivity index is 3.27. The molecule has 76 valence electrons. The molecular formula is C11H15NO2. The number of aliphatic hydroxyl groups excluding tert-OH is 1. The van der Waals surface area contributed by atoms with Crippen molar-refractivity contribution in [3.8, 4) is 0 Å². The van der Waals surface area contributed by atoms with Gasteiger partial charge in [-0.2, -0.15) is 0 Å². The smallest absolute Gasteiger partial charge is 0.150 e. The Kier molecular flexibility index (Phi) is 3.77. The van der Waals surface area contributed by atoms with E-state index in [2.05, 4.69) is 11.9 Å². The van der Waals surface area contributed by atoms with E-state index < -0.39 is 0 Å². The minimum absolute atomic E-state index is 0.127. The van der Waals surface area contributed by atoms with Crippen molar-refractivity contribution in [2.75, 3.05) is 0 Å². The van der Waals surface area contributed by atoms with E-state index in [4.69, 9.17) is 5.11 Å². The molecule has 0 saturated heterocycles. The highest BCUT2D eigenvalue weighted by Crippen LogP contribution is 2.16. The Morgan fingerprint density at radius 2 is 2.29 bits per heavy atom. The van der Waals surface area contributed by atoms with Gasteiger partial charge in [0.1, 0.15) is 0 Å². The van der Waals surface area contributed by atoms with Crippen LogP contribution in [-0.2, 0) is 13.0 Å². The second-order valence-corrected chi connectivity index (χ2v) is 3.29. The molecule has 1 aromatic heterocycles. The molecule has 0 fully saturated rings. The molecule has 0 aliphatic heterocycles. The maximum Gasteiger partial charge on any atom is 0.150 e. The molecule has 0 spiro atoms. The van der Waals surface area contributed by atoms with Gasteiger partial charge < -0.3 is 5.11 Å². The summed E-state index contributed by atoms with van der Waals surface area (Å²) in [6.45, 7) is 3.82. The van der Waals surface area contributed by atoms with Crippen molar-refractivity contribution in [3.05, 3.63) is 28.6 Å². The fourth-order valence-corrected chi connectivity index (χ4v) is 1.55. The summed E-state index contributed by atoms with van der Waals surface area (Å²) < 4.78 is 0. The van der Waals surface area contributed by atoms with E-state index >= 15 is 0 Å². The third kappa shape index (κ3) is 1.99. The Hall–Kier alpha value is -1.22. The summed E-state index contributed by atoms with van der Waals surface area (Å²) in [5.41, 5.74) is 3.08. The van der Waals surface area contributed by atoms with Crippen LogP contribution in [0.25, 0.3) is 0 Å². The summed E-state index contributed by atoms with van der Waals surface area (Å²) in [5, 5.41) is 9.03. The molecule has 1 N–H and O–H groups in total. The van der Waals surface area contributed by atoms with E-state index in [-0.39, 0.29) is 6.61 Å². The summed E-state index contributed by atoms with van der Waals surface area (Å²) in [5.74, 6) is 0. The van der Waals surface area contributed by atoms with Crippen LogP contribution in [-0.4, -0.2) is 16.4 Å². The molecule has 3 nitrogen and oxygen atoms in total. The summed E-state index contributed by atoms with van der Waals surface area (Å²) in [6.07, 6.45) is 4.18. The number of aromatic nitrogens is 1. The molecule has 1 rings (SSSR count). The lowest BCUT2D eigenvalue weighted by Gasteiger charge is -2.10. The van der Waals surface area contributed by atoms with Gasteiger partial charge in [-0.25, -0.2) is 0 Å². The van der Waals surface area contributed by atoms with E-state index in [1.807, 2.05) is 6.92 Å². The molecule has 0 amide bonds. The second kappa shape index (κ2) is 4.86. The molecule has 0 aromatic carbocycles. The van der Waals surface area contributed by atoms with Crippen molar-refractivity contribution >= 4 is 6.29 Å². The first kappa shape index (κ1) is 10.9. The molecule has 14 heavy (non-hydrogen) atoms. The maximum absolute atomic E-state index is 10.9. The number of carbonyl (C=O) groups is 1. The zero-order valence-electron chi connectivity index (χ0n) is 8.58. The average molecular weight is 193 g/mol. The second-order valence-electron chi connectivity index (χ2n) is 3.29. The number of nitrogens with zero attached hydrogens (tertiary/aromatic N) is 1. The molecule has 0 saturated carbocycles. The topological polar surface area (TPSA) is 50.2 Å². The normalized spacial score (nSPS) is 10.2. The Labute approximate surface area is 83.8 Å². The van der Waals surface area contributed by atoms with E-state index in [1.165, 1.54) is 0 Å². The number of rotatable bonds is 4. The van der Waals surface area contributed by atoms with Crippen molar-refractivity contribution in [2.24, 2.45) is 0 Å². The van der Waals surface area contributed by atoms with Gasteiger partial charge in [-0.1, -0.05) is 13.3 Å². The molecule has 0 unspecified atom stereocenters. The standard InChI is InChI=1S/C11H15NO2/c1-3-4-10-8(2)12-5-9(6-13)11(10)7-14/h5,7,13H,3-4,6H2,1-2H3. The van der Waals surface area contributed by atoms with Gasteiger partial charge in [-0.3, -0.25) is 9.78 Å². The highest BCUT2D eigenvalue weighted by molar-refractivity contribution is 5.79. The van der Waals surface area contributed by atoms with Crippen molar-refractivity contribution in [1.82, 2.24) is 4.98 Å².